The van der Waals surface area contributed by atoms with Gasteiger partial charge in [0.05, 0.1) is 6.26 Å². The van der Waals surface area contributed by atoms with Crippen LogP contribution >= 0.6 is 12.4 Å². The average Bonchev–Trinajstić information content (AvgIpc) is 2.93. The summed E-state index contributed by atoms with van der Waals surface area (Å²) < 4.78 is 5.36. The highest BCUT2D eigenvalue weighted by atomic mass is 35.5. The molecule has 0 saturated heterocycles. The minimum atomic E-state index is 0. The number of rotatable bonds is 3. The summed E-state index contributed by atoms with van der Waals surface area (Å²) in [5, 5.41) is 0. The third-order valence-electron chi connectivity index (χ3n) is 3.37. The molecule has 2 N–H and O–H groups in total. The van der Waals surface area contributed by atoms with E-state index in [2.05, 4.69) is 24.3 Å². The van der Waals surface area contributed by atoms with Crippen molar-refractivity contribution in [3.8, 4) is 11.3 Å². The third-order valence-corrected chi connectivity index (χ3v) is 3.37. The molecule has 2 nitrogen and oxygen atoms in total. The third kappa shape index (κ3) is 2.38. The van der Waals surface area contributed by atoms with Gasteiger partial charge in [-0.25, -0.2) is 0 Å². The van der Waals surface area contributed by atoms with E-state index in [0.717, 1.165) is 17.9 Å². The number of benzene rings is 1. The monoisotopic (exact) mass is 249 g/mol. The Hall–Kier alpha value is -1.25. The lowest BCUT2D eigenvalue weighted by Gasteiger charge is -2.01. The van der Waals surface area contributed by atoms with E-state index in [4.69, 9.17) is 10.2 Å². The molecule has 0 amide bonds. The first-order chi connectivity index (χ1) is 7.88. The summed E-state index contributed by atoms with van der Waals surface area (Å²) in [6.45, 7) is 0.810. The smallest absolute Gasteiger partial charge is 0.133 e. The maximum absolute atomic E-state index is 5.65. The van der Waals surface area contributed by atoms with Crippen molar-refractivity contribution >= 4 is 12.4 Å². The van der Waals surface area contributed by atoms with Gasteiger partial charge >= 0.3 is 0 Å². The molecule has 0 bridgehead atoms. The molecule has 1 aliphatic rings. The Balaban J connectivity index is 0.00000108. The maximum atomic E-state index is 5.65. The van der Waals surface area contributed by atoms with Crippen LogP contribution in [0.5, 0.6) is 0 Å². The zero-order valence-electron chi connectivity index (χ0n) is 9.50. The molecule has 2 atom stereocenters. The normalized spacial score (nSPS) is 21.9. The Labute approximate surface area is 107 Å². The van der Waals surface area contributed by atoms with Gasteiger partial charge in [-0.05, 0) is 42.5 Å². The summed E-state index contributed by atoms with van der Waals surface area (Å²) in [7, 11) is 0. The number of hydrogen-bond acceptors (Lipinski definition) is 2. The molecule has 0 aliphatic heterocycles. The zero-order chi connectivity index (χ0) is 11.0. The first-order valence-electron chi connectivity index (χ1n) is 5.72. The lowest BCUT2D eigenvalue weighted by atomic mass is 10.1. The van der Waals surface area contributed by atoms with Crippen LogP contribution in [0.3, 0.4) is 0 Å². The van der Waals surface area contributed by atoms with Crippen LogP contribution in [-0.4, -0.2) is 6.54 Å². The highest BCUT2D eigenvalue weighted by molar-refractivity contribution is 5.85. The molecule has 3 rings (SSSR count). The summed E-state index contributed by atoms with van der Waals surface area (Å²) in [5.41, 5.74) is 8.20. The molecular formula is C14H16ClNO. The van der Waals surface area contributed by atoms with Gasteiger partial charge in [0.1, 0.15) is 5.76 Å². The van der Waals surface area contributed by atoms with Crippen molar-refractivity contribution in [1.82, 2.24) is 0 Å². The first kappa shape index (κ1) is 12.2. The standard InChI is InChI=1S/C14H15NO.ClH/c15-9-12-8-13(12)10-3-5-11(6-4-10)14-2-1-7-16-14;/h1-7,12-13H,8-9,15H2;1H/t12-,13-;/m1./s1. The first-order valence-corrected chi connectivity index (χ1v) is 5.72. The Morgan fingerprint density at radius 1 is 1.18 bits per heavy atom. The van der Waals surface area contributed by atoms with Gasteiger partial charge < -0.3 is 10.2 Å². The Morgan fingerprint density at radius 3 is 2.47 bits per heavy atom. The quantitative estimate of drug-likeness (QED) is 0.905. The highest BCUT2D eigenvalue weighted by Crippen LogP contribution is 2.46. The van der Waals surface area contributed by atoms with E-state index in [0.29, 0.717) is 11.8 Å². The van der Waals surface area contributed by atoms with E-state index >= 15 is 0 Å². The van der Waals surface area contributed by atoms with Gasteiger partial charge in [-0.2, -0.15) is 0 Å². The van der Waals surface area contributed by atoms with Crippen molar-refractivity contribution in [3.63, 3.8) is 0 Å². The molecule has 0 radical (unpaired) electrons. The Morgan fingerprint density at radius 2 is 1.94 bits per heavy atom. The maximum Gasteiger partial charge on any atom is 0.133 e. The van der Waals surface area contributed by atoms with Crippen molar-refractivity contribution in [2.45, 2.75) is 12.3 Å². The van der Waals surface area contributed by atoms with Crippen LogP contribution in [0.15, 0.2) is 47.1 Å². The fourth-order valence-electron chi connectivity index (χ4n) is 2.25. The van der Waals surface area contributed by atoms with Crippen LogP contribution in [0.25, 0.3) is 11.3 Å². The molecular weight excluding hydrogens is 234 g/mol. The van der Waals surface area contributed by atoms with Gasteiger partial charge in [0, 0.05) is 5.56 Å². The average molecular weight is 250 g/mol. The highest BCUT2D eigenvalue weighted by Gasteiger charge is 2.36. The predicted octanol–water partition coefficient (Wildman–Crippen LogP) is 3.43. The fraction of sp³-hybridized carbons (Fsp3) is 0.286. The van der Waals surface area contributed by atoms with Gasteiger partial charge in [0.15, 0.2) is 0 Å². The summed E-state index contributed by atoms with van der Waals surface area (Å²) in [6.07, 6.45) is 2.95. The summed E-state index contributed by atoms with van der Waals surface area (Å²) in [4.78, 5) is 0. The van der Waals surface area contributed by atoms with E-state index in [1.807, 2.05) is 12.1 Å². The predicted molar refractivity (Wildman–Crippen MR) is 71.3 cm³/mol. The van der Waals surface area contributed by atoms with Crippen molar-refractivity contribution < 1.29 is 4.42 Å². The molecule has 0 unspecified atom stereocenters. The second-order valence-electron chi connectivity index (χ2n) is 4.44. The summed E-state index contributed by atoms with van der Waals surface area (Å²) >= 11 is 0. The zero-order valence-corrected chi connectivity index (χ0v) is 10.3. The van der Waals surface area contributed by atoms with Crippen LogP contribution in [0, 0.1) is 5.92 Å². The molecule has 1 heterocycles. The van der Waals surface area contributed by atoms with E-state index in [9.17, 15) is 0 Å². The van der Waals surface area contributed by atoms with Crippen LogP contribution in [0.4, 0.5) is 0 Å². The van der Waals surface area contributed by atoms with Crippen LogP contribution in [0.1, 0.15) is 17.9 Å². The molecule has 17 heavy (non-hydrogen) atoms. The van der Waals surface area contributed by atoms with Crippen molar-refractivity contribution in [2.75, 3.05) is 6.54 Å². The minimum Gasteiger partial charge on any atom is -0.464 e. The van der Waals surface area contributed by atoms with Gasteiger partial charge in [0.2, 0.25) is 0 Å². The molecule has 1 aliphatic carbocycles. The summed E-state index contributed by atoms with van der Waals surface area (Å²) in [5.74, 6) is 2.32. The molecule has 90 valence electrons. The van der Waals surface area contributed by atoms with E-state index in [-0.39, 0.29) is 12.4 Å². The number of nitrogens with two attached hydrogens (primary N) is 1. The minimum absolute atomic E-state index is 0. The molecule has 1 aromatic carbocycles. The molecule has 1 saturated carbocycles. The van der Waals surface area contributed by atoms with Gasteiger partial charge in [0.25, 0.3) is 0 Å². The Kier molecular flexibility index (Phi) is 3.55. The van der Waals surface area contributed by atoms with Crippen molar-refractivity contribution in [3.05, 3.63) is 48.2 Å². The topological polar surface area (TPSA) is 39.2 Å². The van der Waals surface area contributed by atoms with Crippen LogP contribution in [-0.2, 0) is 0 Å². The van der Waals surface area contributed by atoms with Crippen LogP contribution in [0.2, 0.25) is 0 Å². The SMILES string of the molecule is Cl.NC[C@H]1C[C@@H]1c1ccc(-c2ccco2)cc1. The molecule has 1 fully saturated rings. The largest absolute Gasteiger partial charge is 0.464 e. The van der Waals surface area contributed by atoms with Crippen molar-refractivity contribution in [1.29, 1.82) is 0 Å². The summed E-state index contributed by atoms with van der Waals surface area (Å²) in [6, 6.07) is 12.5. The van der Waals surface area contributed by atoms with E-state index < -0.39 is 0 Å². The lowest BCUT2D eigenvalue weighted by molar-refractivity contribution is 0.582. The number of furan rings is 1. The molecule has 1 aromatic heterocycles. The lowest BCUT2D eigenvalue weighted by Crippen LogP contribution is -2.01. The number of hydrogen-bond donors (Lipinski definition) is 1. The Bertz CT molecular complexity index is 463. The van der Waals surface area contributed by atoms with Crippen LogP contribution < -0.4 is 5.73 Å². The van der Waals surface area contributed by atoms with Gasteiger partial charge in [-0.1, -0.05) is 24.3 Å². The van der Waals surface area contributed by atoms with Gasteiger partial charge in [-0.3, -0.25) is 0 Å². The molecule has 2 aromatic rings. The molecule has 0 spiro atoms. The van der Waals surface area contributed by atoms with Crippen molar-refractivity contribution in [2.24, 2.45) is 11.7 Å². The number of halogens is 1. The molecule has 3 heteroatoms. The van der Waals surface area contributed by atoms with E-state index in [1.54, 1.807) is 6.26 Å². The van der Waals surface area contributed by atoms with E-state index in [1.165, 1.54) is 12.0 Å². The van der Waals surface area contributed by atoms with Gasteiger partial charge in [-0.15, -0.1) is 12.4 Å². The second kappa shape index (κ2) is 4.94. The fourth-order valence-corrected chi connectivity index (χ4v) is 2.25. The second-order valence-corrected chi connectivity index (χ2v) is 4.44.